The average molecular weight is 480 g/mol. The van der Waals surface area contributed by atoms with Crippen LogP contribution in [0.25, 0.3) is 5.69 Å². The lowest BCUT2D eigenvalue weighted by atomic mass is 9.95. The monoisotopic (exact) mass is 479 g/mol. The van der Waals surface area contributed by atoms with E-state index in [2.05, 4.69) is 15.5 Å². The van der Waals surface area contributed by atoms with E-state index < -0.39 is 0 Å². The Morgan fingerprint density at radius 2 is 1.76 bits per heavy atom. The summed E-state index contributed by atoms with van der Waals surface area (Å²) in [6, 6.07) is 15.4. The van der Waals surface area contributed by atoms with Crippen molar-refractivity contribution in [1.82, 2.24) is 9.78 Å². The average Bonchev–Trinajstić information content (AvgIpc) is 3.17. The number of para-hydroxylation sites is 1. The largest absolute Gasteiger partial charge is 0.355 e. The summed E-state index contributed by atoms with van der Waals surface area (Å²) < 4.78 is 1.89. The SMILES string of the molecule is CCC(=O)Nc1c(C)nn(-c2ccccc2)c1N1CCC(C(=O)Nc2cc(Cl)ccc2C)CC1. The van der Waals surface area contributed by atoms with E-state index in [0.717, 1.165) is 34.1 Å². The molecule has 1 aliphatic rings. The van der Waals surface area contributed by atoms with Gasteiger partial charge >= 0.3 is 0 Å². The van der Waals surface area contributed by atoms with Gasteiger partial charge in [-0.3, -0.25) is 9.59 Å². The summed E-state index contributed by atoms with van der Waals surface area (Å²) >= 11 is 6.11. The van der Waals surface area contributed by atoms with Crippen LogP contribution in [0.4, 0.5) is 17.2 Å². The molecule has 0 bridgehead atoms. The van der Waals surface area contributed by atoms with Crippen molar-refractivity contribution in [1.29, 1.82) is 0 Å². The fraction of sp³-hybridized carbons (Fsp3) is 0.346. The first kappa shape index (κ1) is 23.8. The van der Waals surface area contributed by atoms with E-state index in [1.165, 1.54) is 0 Å². The number of aryl methyl sites for hydroxylation is 2. The summed E-state index contributed by atoms with van der Waals surface area (Å²) in [5, 5.41) is 11.4. The zero-order valence-electron chi connectivity index (χ0n) is 19.8. The Balaban J connectivity index is 1.54. The summed E-state index contributed by atoms with van der Waals surface area (Å²) in [5.41, 5.74) is 4.15. The molecule has 8 heteroatoms. The summed E-state index contributed by atoms with van der Waals surface area (Å²) in [7, 11) is 0. The molecule has 1 aromatic heterocycles. The van der Waals surface area contributed by atoms with Gasteiger partial charge in [0.1, 0.15) is 5.69 Å². The van der Waals surface area contributed by atoms with Gasteiger partial charge in [-0.1, -0.05) is 42.8 Å². The van der Waals surface area contributed by atoms with Crippen LogP contribution in [0.5, 0.6) is 0 Å². The molecule has 0 radical (unpaired) electrons. The molecule has 0 saturated carbocycles. The highest BCUT2D eigenvalue weighted by molar-refractivity contribution is 6.31. The van der Waals surface area contributed by atoms with Gasteiger partial charge < -0.3 is 15.5 Å². The topological polar surface area (TPSA) is 79.3 Å². The minimum atomic E-state index is -0.0995. The van der Waals surface area contributed by atoms with Crippen molar-refractivity contribution in [3.05, 3.63) is 64.8 Å². The lowest BCUT2D eigenvalue weighted by Gasteiger charge is -2.33. The number of aromatic nitrogens is 2. The number of nitrogens with one attached hydrogen (secondary N) is 2. The van der Waals surface area contributed by atoms with Gasteiger partial charge in [0.15, 0.2) is 5.82 Å². The molecule has 7 nitrogen and oxygen atoms in total. The van der Waals surface area contributed by atoms with Crippen molar-refractivity contribution in [2.75, 3.05) is 28.6 Å². The predicted molar refractivity (Wildman–Crippen MR) is 137 cm³/mol. The van der Waals surface area contributed by atoms with E-state index >= 15 is 0 Å². The van der Waals surface area contributed by atoms with Crippen LogP contribution in [0.15, 0.2) is 48.5 Å². The van der Waals surface area contributed by atoms with Crippen molar-refractivity contribution in [3.63, 3.8) is 0 Å². The minimum Gasteiger partial charge on any atom is -0.355 e. The number of carbonyl (C=O) groups excluding carboxylic acids is 2. The summed E-state index contributed by atoms with van der Waals surface area (Å²) in [6.45, 7) is 7.05. The van der Waals surface area contributed by atoms with Gasteiger partial charge in [-0.15, -0.1) is 0 Å². The second-order valence-electron chi connectivity index (χ2n) is 8.64. The molecule has 2 aromatic carbocycles. The van der Waals surface area contributed by atoms with Crippen molar-refractivity contribution in [3.8, 4) is 5.69 Å². The van der Waals surface area contributed by atoms with Crippen molar-refractivity contribution >= 4 is 40.6 Å². The molecule has 0 atom stereocenters. The number of piperidine rings is 1. The number of amides is 2. The van der Waals surface area contributed by atoms with Gasteiger partial charge in [0.2, 0.25) is 11.8 Å². The van der Waals surface area contributed by atoms with Crippen LogP contribution in [0, 0.1) is 19.8 Å². The molecule has 0 unspecified atom stereocenters. The van der Waals surface area contributed by atoms with Gasteiger partial charge in [-0.05, 0) is 56.5 Å². The van der Waals surface area contributed by atoms with Crippen molar-refractivity contribution in [2.45, 2.75) is 40.0 Å². The van der Waals surface area contributed by atoms with Gasteiger partial charge in [0.25, 0.3) is 0 Å². The van der Waals surface area contributed by atoms with Gasteiger partial charge in [-0.25, -0.2) is 4.68 Å². The van der Waals surface area contributed by atoms with E-state index in [4.69, 9.17) is 16.7 Å². The Morgan fingerprint density at radius 3 is 2.44 bits per heavy atom. The Morgan fingerprint density at radius 1 is 1.06 bits per heavy atom. The molecule has 3 aromatic rings. The molecule has 0 aliphatic carbocycles. The maximum Gasteiger partial charge on any atom is 0.227 e. The summed E-state index contributed by atoms with van der Waals surface area (Å²) in [5.74, 6) is 0.716. The third-order valence-electron chi connectivity index (χ3n) is 6.25. The number of halogens is 1. The Kier molecular flexibility index (Phi) is 7.22. The molecule has 0 spiro atoms. The fourth-order valence-corrected chi connectivity index (χ4v) is 4.42. The third-order valence-corrected chi connectivity index (χ3v) is 6.48. The first-order valence-electron chi connectivity index (χ1n) is 11.6. The molecule has 1 fully saturated rings. The zero-order valence-corrected chi connectivity index (χ0v) is 20.5. The van der Waals surface area contributed by atoms with Crippen LogP contribution in [-0.2, 0) is 9.59 Å². The molecule has 2 amide bonds. The fourth-order valence-electron chi connectivity index (χ4n) is 4.25. The number of nitrogens with zero attached hydrogens (tertiary/aromatic N) is 3. The molecule has 4 rings (SSSR count). The second kappa shape index (κ2) is 10.3. The number of hydrogen-bond acceptors (Lipinski definition) is 4. The molecular formula is C26H30ClN5O2. The van der Waals surface area contributed by atoms with Crippen LogP contribution in [0.1, 0.15) is 37.4 Å². The van der Waals surface area contributed by atoms with E-state index in [0.29, 0.717) is 37.4 Å². The molecule has 178 valence electrons. The molecule has 1 aliphatic heterocycles. The summed E-state index contributed by atoms with van der Waals surface area (Å²) in [4.78, 5) is 27.4. The van der Waals surface area contributed by atoms with Crippen LogP contribution in [-0.4, -0.2) is 34.7 Å². The predicted octanol–water partition coefficient (Wildman–Crippen LogP) is 5.35. The van der Waals surface area contributed by atoms with Gasteiger partial charge in [0, 0.05) is 36.1 Å². The molecule has 34 heavy (non-hydrogen) atoms. The highest BCUT2D eigenvalue weighted by Crippen LogP contribution is 2.35. The maximum atomic E-state index is 13.0. The number of rotatable bonds is 6. The normalized spacial score (nSPS) is 14.2. The lowest BCUT2D eigenvalue weighted by Crippen LogP contribution is -2.39. The Labute approximate surface area is 205 Å². The maximum absolute atomic E-state index is 13.0. The Hall–Kier alpha value is -3.32. The molecular weight excluding hydrogens is 450 g/mol. The standard InChI is InChI=1S/C26H30ClN5O2/c1-4-23(33)29-24-18(3)30-32(21-8-6-5-7-9-21)26(24)31-14-12-19(13-15-31)25(34)28-22-16-20(27)11-10-17(22)2/h5-11,16,19H,4,12-15H2,1-3H3,(H,28,34)(H,29,33). The number of hydrogen-bond donors (Lipinski definition) is 2. The number of carbonyl (C=O) groups is 2. The van der Waals surface area contributed by atoms with E-state index in [9.17, 15) is 9.59 Å². The van der Waals surface area contributed by atoms with Crippen LogP contribution < -0.4 is 15.5 Å². The van der Waals surface area contributed by atoms with Crippen LogP contribution in [0.3, 0.4) is 0 Å². The van der Waals surface area contributed by atoms with Crippen molar-refractivity contribution < 1.29 is 9.59 Å². The van der Waals surface area contributed by atoms with E-state index in [1.807, 2.05) is 67.9 Å². The minimum absolute atomic E-state index is 0.0114. The molecule has 1 saturated heterocycles. The van der Waals surface area contributed by atoms with Gasteiger partial charge in [0.05, 0.1) is 11.4 Å². The second-order valence-corrected chi connectivity index (χ2v) is 9.08. The first-order valence-corrected chi connectivity index (χ1v) is 12.0. The lowest BCUT2D eigenvalue weighted by molar-refractivity contribution is -0.120. The zero-order chi connectivity index (χ0) is 24.2. The van der Waals surface area contributed by atoms with E-state index in [1.54, 1.807) is 6.07 Å². The molecule has 2 heterocycles. The van der Waals surface area contributed by atoms with E-state index in [-0.39, 0.29) is 17.7 Å². The van der Waals surface area contributed by atoms with Gasteiger partial charge in [-0.2, -0.15) is 5.10 Å². The third kappa shape index (κ3) is 5.09. The smallest absolute Gasteiger partial charge is 0.227 e. The summed E-state index contributed by atoms with van der Waals surface area (Å²) in [6.07, 6.45) is 1.79. The Bertz CT molecular complexity index is 1180. The highest BCUT2D eigenvalue weighted by Gasteiger charge is 2.30. The van der Waals surface area contributed by atoms with Crippen LogP contribution in [0.2, 0.25) is 5.02 Å². The quantitative estimate of drug-likeness (QED) is 0.499. The van der Waals surface area contributed by atoms with Crippen molar-refractivity contribution in [2.24, 2.45) is 5.92 Å². The number of benzene rings is 2. The molecule has 2 N–H and O–H groups in total. The van der Waals surface area contributed by atoms with Crippen LogP contribution >= 0.6 is 11.6 Å². The highest BCUT2D eigenvalue weighted by atomic mass is 35.5. The first-order chi connectivity index (χ1) is 16.4. The number of anilines is 3.